The third kappa shape index (κ3) is 2.80. The third-order valence-corrected chi connectivity index (χ3v) is 4.39. The molecule has 0 saturated carbocycles. The summed E-state index contributed by atoms with van der Waals surface area (Å²) in [5.74, 6) is 0.207. The van der Waals surface area contributed by atoms with Gasteiger partial charge < -0.3 is 9.84 Å². The van der Waals surface area contributed by atoms with E-state index in [-0.39, 0.29) is 0 Å². The first kappa shape index (κ1) is 14.9. The maximum absolute atomic E-state index is 11.5. The number of carboxylic acid groups (broad SMARTS) is 1. The number of carboxylic acids is 1. The third-order valence-electron chi connectivity index (χ3n) is 4.39. The minimum absolute atomic E-state index is 0.572. The summed E-state index contributed by atoms with van der Waals surface area (Å²) in [6.45, 7) is 6.22. The van der Waals surface area contributed by atoms with Crippen molar-refractivity contribution in [2.24, 2.45) is 5.41 Å². The van der Waals surface area contributed by atoms with Crippen LogP contribution in [0, 0.1) is 12.3 Å². The topological polar surface area (TPSA) is 49.8 Å². The molecule has 0 radical (unpaired) electrons. The monoisotopic (exact) mass is 277 g/mol. The van der Waals surface area contributed by atoms with Crippen molar-refractivity contribution in [1.82, 2.24) is 4.90 Å². The smallest absolute Gasteiger partial charge is 0.310 e. The zero-order valence-corrected chi connectivity index (χ0v) is 12.5. The van der Waals surface area contributed by atoms with Crippen molar-refractivity contribution in [1.29, 1.82) is 0 Å². The Morgan fingerprint density at radius 1 is 1.50 bits per heavy atom. The van der Waals surface area contributed by atoms with Gasteiger partial charge in [0.1, 0.15) is 5.75 Å². The summed E-state index contributed by atoms with van der Waals surface area (Å²) in [6, 6.07) is 6.12. The lowest BCUT2D eigenvalue weighted by Gasteiger charge is -2.23. The van der Waals surface area contributed by atoms with Crippen LogP contribution >= 0.6 is 0 Å². The van der Waals surface area contributed by atoms with Crippen molar-refractivity contribution in [2.45, 2.75) is 33.2 Å². The standard InChI is InChI=1S/C16H23NO3/c1-4-16(15(18)19)7-8-17(11-16)10-13-9-12(2)5-6-14(13)20-3/h5-6,9H,4,7-8,10-11H2,1-3H3,(H,18,19). The van der Waals surface area contributed by atoms with Crippen LogP contribution in [0.3, 0.4) is 0 Å². The molecular formula is C16H23NO3. The van der Waals surface area contributed by atoms with Gasteiger partial charge in [-0.05, 0) is 32.4 Å². The van der Waals surface area contributed by atoms with Gasteiger partial charge in [0.05, 0.1) is 12.5 Å². The number of benzene rings is 1. The van der Waals surface area contributed by atoms with E-state index < -0.39 is 11.4 Å². The fraction of sp³-hybridized carbons (Fsp3) is 0.562. The highest BCUT2D eigenvalue weighted by Gasteiger charge is 2.43. The summed E-state index contributed by atoms with van der Waals surface area (Å²) in [6.07, 6.45) is 1.41. The van der Waals surface area contributed by atoms with E-state index in [1.54, 1.807) is 7.11 Å². The van der Waals surface area contributed by atoms with Gasteiger partial charge in [-0.2, -0.15) is 0 Å². The molecular weight excluding hydrogens is 254 g/mol. The lowest BCUT2D eigenvalue weighted by molar-refractivity contribution is -0.148. The van der Waals surface area contributed by atoms with E-state index in [2.05, 4.69) is 17.9 Å². The molecule has 0 spiro atoms. The van der Waals surface area contributed by atoms with E-state index in [0.717, 1.165) is 30.8 Å². The molecule has 2 rings (SSSR count). The van der Waals surface area contributed by atoms with Crippen LogP contribution < -0.4 is 4.74 Å². The average molecular weight is 277 g/mol. The van der Waals surface area contributed by atoms with Crippen LogP contribution in [0.25, 0.3) is 0 Å². The van der Waals surface area contributed by atoms with Crippen LogP contribution in [0.5, 0.6) is 5.75 Å². The number of rotatable bonds is 5. The molecule has 110 valence electrons. The number of methoxy groups -OCH3 is 1. The molecule has 4 heteroatoms. The Hall–Kier alpha value is -1.55. The lowest BCUT2D eigenvalue weighted by Crippen LogP contribution is -2.33. The van der Waals surface area contributed by atoms with E-state index in [9.17, 15) is 9.90 Å². The van der Waals surface area contributed by atoms with E-state index in [0.29, 0.717) is 13.0 Å². The zero-order valence-electron chi connectivity index (χ0n) is 12.5. The van der Waals surface area contributed by atoms with Crippen molar-refractivity contribution < 1.29 is 14.6 Å². The van der Waals surface area contributed by atoms with E-state index in [4.69, 9.17) is 4.74 Å². The maximum atomic E-state index is 11.5. The maximum Gasteiger partial charge on any atom is 0.310 e. The Labute approximate surface area is 120 Å². The second-order valence-electron chi connectivity index (χ2n) is 5.71. The number of likely N-dealkylation sites (tertiary alicyclic amines) is 1. The van der Waals surface area contributed by atoms with E-state index in [1.165, 1.54) is 5.56 Å². The Bertz CT molecular complexity index is 500. The van der Waals surface area contributed by atoms with Crippen molar-refractivity contribution in [2.75, 3.05) is 20.2 Å². The number of hydrogen-bond acceptors (Lipinski definition) is 3. The number of carbonyl (C=O) groups is 1. The largest absolute Gasteiger partial charge is 0.496 e. The fourth-order valence-corrected chi connectivity index (χ4v) is 2.98. The van der Waals surface area contributed by atoms with Gasteiger partial charge in [0.25, 0.3) is 0 Å². The molecule has 1 aliphatic heterocycles. The minimum Gasteiger partial charge on any atom is -0.496 e. The van der Waals surface area contributed by atoms with Crippen LogP contribution in [-0.4, -0.2) is 36.2 Å². The van der Waals surface area contributed by atoms with Gasteiger partial charge in [0.15, 0.2) is 0 Å². The second-order valence-corrected chi connectivity index (χ2v) is 5.71. The predicted octanol–water partition coefficient (Wildman–Crippen LogP) is 2.69. The van der Waals surface area contributed by atoms with Gasteiger partial charge in [-0.15, -0.1) is 0 Å². The predicted molar refractivity (Wildman–Crippen MR) is 78.0 cm³/mol. The first-order valence-electron chi connectivity index (χ1n) is 7.10. The summed E-state index contributed by atoms with van der Waals surface area (Å²) < 4.78 is 5.39. The van der Waals surface area contributed by atoms with Crippen molar-refractivity contribution in [3.05, 3.63) is 29.3 Å². The van der Waals surface area contributed by atoms with Crippen LogP contribution in [0.15, 0.2) is 18.2 Å². The van der Waals surface area contributed by atoms with Crippen molar-refractivity contribution >= 4 is 5.97 Å². The quantitative estimate of drug-likeness (QED) is 0.899. The van der Waals surface area contributed by atoms with Gasteiger partial charge in [0.2, 0.25) is 0 Å². The van der Waals surface area contributed by atoms with Gasteiger partial charge in [-0.1, -0.05) is 24.6 Å². The number of aliphatic carboxylic acids is 1. The van der Waals surface area contributed by atoms with Gasteiger partial charge in [-0.25, -0.2) is 0 Å². The Balaban J connectivity index is 2.13. The molecule has 1 aromatic carbocycles. The minimum atomic E-state index is -0.668. The summed E-state index contributed by atoms with van der Waals surface area (Å²) in [4.78, 5) is 13.7. The molecule has 0 aliphatic carbocycles. The average Bonchev–Trinajstić information content (AvgIpc) is 2.84. The first-order chi connectivity index (χ1) is 9.50. The van der Waals surface area contributed by atoms with Crippen molar-refractivity contribution in [3.8, 4) is 5.75 Å². The molecule has 1 saturated heterocycles. The molecule has 0 bridgehead atoms. The zero-order chi connectivity index (χ0) is 14.8. The normalized spacial score (nSPS) is 22.9. The fourth-order valence-electron chi connectivity index (χ4n) is 2.98. The molecule has 1 unspecified atom stereocenters. The molecule has 1 fully saturated rings. The molecule has 0 amide bonds. The number of nitrogens with zero attached hydrogens (tertiary/aromatic N) is 1. The molecule has 4 nitrogen and oxygen atoms in total. The summed E-state index contributed by atoms with van der Waals surface area (Å²) >= 11 is 0. The highest BCUT2D eigenvalue weighted by molar-refractivity contribution is 5.75. The van der Waals surface area contributed by atoms with Crippen molar-refractivity contribution in [3.63, 3.8) is 0 Å². The summed E-state index contributed by atoms with van der Waals surface area (Å²) in [5.41, 5.74) is 1.75. The van der Waals surface area contributed by atoms with E-state index in [1.807, 2.05) is 19.1 Å². The van der Waals surface area contributed by atoms with Gasteiger partial charge in [0, 0.05) is 18.7 Å². The molecule has 1 aromatic rings. The number of ether oxygens (including phenoxy) is 1. The first-order valence-corrected chi connectivity index (χ1v) is 7.10. The number of hydrogen-bond donors (Lipinski definition) is 1. The van der Waals surface area contributed by atoms with Crippen LogP contribution in [0.4, 0.5) is 0 Å². The summed E-state index contributed by atoms with van der Waals surface area (Å²) in [7, 11) is 1.67. The van der Waals surface area contributed by atoms with Crippen LogP contribution in [0.2, 0.25) is 0 Å². The summed E-state index contributed by atoms with van der Waals surface area (Å²) in [5, 5.41) is 9.44. The van der Waals surface area contributed by atoms with Crippen LogP contribution in [0.1, 0.15) is 30.9 Å². The molecule has 1 heterocycles. The molecule has 0 aromatic heterocycles. The number of aryl methyl sites for hydroxylation is 1. The second kappa shape index (κ2) is 5.83. The van der Waals surface area contributed by atoms with Gasteiger partial charge in [-0.3, -0.25) is 9.69 Å². The highest BCUT2D eigenvalue weighted by Crippen LogP contribution is 2.35. The molecule has 1 aliphatic rings. The lowest BCUT2D eigenvalue weighted by atomic mass is 9.84. The SMILES string of the molecule is CCC1(C(=O)O)CCN(Cc2cc(C)ccc2OC)C1. The molecule has 20 heavy (non-hydrogen) atoms. The van der Waals surface area contributed by atoms with Crippen LogP contribution in [-0.2, 0) is 11.3 Å². The molecule has 1 N–H and O–H groups in total. The Kier molecular flexibility index (Phi) is 4.33. The Morgan fingerprint density at radius 3 is 2.80 bits per heavy atom. The van der Waals surface area contributed by atoms with Gasteiger partial charge >= 0.3 is 5.97 Å². The van der Waals surface area contributed by atoms with E-state index >= 15 is 0 Å². The molecule has 1 atom stereocenters. The highest BCUT2D eigenvalue weighted by atomic mass is 16.5. The Morgan fingerprint density at radius 2 is 2.25 bits per heavy atom.